The highest BCUT2D eigenvalue weighted by molar-refractivity contribution is 6.04. The van der Waals surface area contributed by atoms with Crippen LogP contribution in [0.2, 0.25) is 0 Å². The van der Waals surface area contributed by atoms with E-state index < -0.39 is 23.4 Å². The summed E-state index contributed by atoms with van der Waals surface area (Å²) in [6, 6.07) is 6.01. The molecule has 2 heterocycles. The van der Waals surface area contributed by atoms with Crippen molar-refractivity contribution in [2.45, 2.75) is 31.8 Å². The lowest BCUT2D eigenvalue weighted by Crippen LogP contribution is -2.65. The molecule has 3 N–H and O–H groups in total. The third-order valence-electron chi connectivity index (χ3n) is 3.33. The average molecular weight is 276 g/mol. The van der Waals surface area contributed by atoms with Crippen molar-refractivity contribution < 1.29 is 19.5 Å². The van der Waals surface area contributed by atoms with Crippen molar-refractivity contribution in [3.8, 4) is 0 Å². The molecule has 2 aliphatic rings. The van der Waals surface area contributed by atoms with Gasteiger partial charge in [0.1, 0.15) is 0 Å². The van der Waals surface area contributed by atoms with E-state index in [4.69, 9.17) is 0 Å². The maximum absolute atomic E-state index is 12.1. The second-order valence-electron chi connectivity index (χ2n) is 4.80. The summed E-state index contributed by atoms with van der Waals surface area (Å²) < 4.78 is 0. The first kappa shape index (κ1) is 14.0. The maximum Gasteiger partial charge on any atom is 0.350 e. The molecule has 0 saturated carbocycles. The van der Waals surface area contributed by atoms with Gasteiger partial charge in [-0.2, -0.15) is 0 Å². The fourth-order valence-electron chi connectivity index (χ4n) is 2.12. The predicted molar refractivity (Wildman–Crippen MR) is 71.3 cm³/mol. The number of fused-ring (bicyclic) bond motifs is 6. The number of rotatable bonds is 4. The molecule has 106 valence electrons. The van der Waals surface area contributed by atoms with Crippen molar-refractivity contribution in [2.75, 3.05) is 0 Å². The molecule has 0 saturated heterocycles. The minimum atomic E-state index is -1.77. The van der Waals surface area contributed by atoms with Gasteiger partial charge in [-0.1, -0.05) is 13.3 Å². The Morgan fingerprint density at radius 2 is 1.55 bits per heavy atom. The van der Waals surface area contributed by atoms with Crippen LogP contribution in [0.15, 0.2) is 24.3 Å². The van der Waals surface area contributed by atoms with E-state index in [-0.39, 0.29) is 6.42 Å². The van der Waals surface area contributed by atoms with Gasteiger partial charge in [0, 0.05) is 17.5 Å². The second kappa shape index (κ2) is 5.32. The summed E-state index contributed by atoms with van der Waals surface area (Å²) in [4.78, 5) is 35.8. The number of aliphatic carboxylic acids is 1. The van der Waals surface area contributed by atoms with Crippen LogP contribution in [0.1, 0.15) is 46.9 Å². The van der Waals surface area contributed by atoms with Crippen LogP contribution in [0.4, 0.5) is 0 Å². The molecule has 1 aromatic rings. The summed E-state index contributed by atoms with van der Waals surface area (Å²) in [5.41, 5.74) is -1.11. The van der Waals surface area contributed by atoms with Crippen LogP contribution in [-0.4, -0.2) is 28.6 Å². The Morgan fingerprint density at radius 1 is 1.10 bits per heavy atom. The highest BCUT2D eigenvalue weighted by atomic mass is 16.4. The van der Waals surface area contributed by atoms with Gasteiger partial charge in [-0.25, -0.2) is 4.79 Å². The molecule has 1 aromatic carbocycles. The Balaban J connectivity index is 2.44. The maximum atomic E-state index is 12.1. The molecule has 3 rings (SSSR count). The number of benzene rings is 1. The van der Waals surface area contributed by atoms with Gasteiger partial charge in [0.25, 0.3) is 11.8 Å². The van der Waals surface area contributed by atoms with Crippen LogP contribution in [0.25, 0.3) is 0 Å². The van der Waals surface area contributed by atoms with Gasteiger partial charge >= 0.3 is 5.97 Å². The summed E-state index contributed by atoms with van der Waals surface area (Å²) in [7, 11) is 0. The van der Waals surface area contributed by atoms with Crippen molar-refractivity contribution in [1.82, 2.24) is 10.6 Å². The monoisotopic (exact) mass is 276 g/mol. The van der Waals surface area contributed by atoms with Crippen LogP contribution in [0, 0.1) is 0 Å². The number of carboxylic acids is 1. The van der Waals surface area contributed by atoms with Crippen molar-refractivity contribution in [1.29, 1.82) is 0 Å². The van der Waals surface area contributed by atoms with E-state index in [2.05, 4.69) is 10.6 Å². The minimum Gasteiger partial charge on any atom is -0.478 e. The Labute approximate surface area is 116 Å². The topological polar surface area (TPSA) is 95.5 Å². The van der Waals surface area contributed by atoms with Gasteiger partial charge in [0.15, 0.2) is 0 Å². The van der Waals surface area contributed by atoms with Crippen molar-refractivity contribution in [3.63, 3.8) is 0 Å². The number of carbonyl (C=O) groups is 3. The lowest BCUT2D eigenvalue weighted by Gasteiger charge is -2.30. The molecule has 6 heteroatoms. The molecule has 0 spiro atoms. The third-order valence-corrected chi connectivity index (χ3v) is 3.33. The molecule has 0 fully saturated rings. The molecule has 2 aliphatic heterocycles. The molecule has 0 unspecified atom stereocenters. The smallest absolute Gasteiger partial charge is 0.350 e. The van der Waals surface area contributed by atoms with Gasteiger partial charge in [0.2, 0.25) is 5.66 Å². The largest absolute Gasteiger partial charge is 0.478 e. The number of carboxylic acid groups (broad SMARTS) is 1. The fraction of sp³-hybridized carbons (Fsp3) is 0.357. The Hall–Kier alpha value is -2.37. The first-order valence-electron chi connectivity index (χ1n) is 6.47. The van der Waals surface area contributed by atoms with E-state index in [1.54, 1.807) is 0 Å². The minimum absolute atomic E-state index is 0.136. The molecule has 20 heavy (non-hydrogen) atoms. The summed E-state index contributed by atoms with van der Waals surface area (Å²) in [6.45, 7) is 1.91. The second-order valence-corrected chi connectivity index (χ2v) is 4.80. The fourth-order valence-corrected chi connectivity index (χ4v) is 2.12. The molecule has 0 atom stereocenters. The molecule has 2 bridgehead atoms. The van der Waals surface area contributed by atoms with Crippen LogP contribution >= 0.6 is 0 Å². The van der Waals surface area contributed by atoms with E-state index >= 15 is 0 Å². The van der Waals surface area contributed by atoms with Gasteiger partial charge in [-0.05, 0) is 30.7 Å². The number of hydrogen-bond acceptors (Lipinski definition) is 3. The van der Waals surface area contributed by atoms with E-state index in [0.29, 0.717) is 17.5 Å². The predicted octanol–water partition coefficient (Wildman–Crippen LogP) is 1.13. The lowest BCUT2D eigenvalue weighted by molar-refractivity contribution is -0.146. The van der Waals surface area contributed by atoms with E-state index in [9.17, 15) is 19.5 Å². The van der Waals surface area contributed by atoms with Crippen molar-refractivity contribution in [3.05, 3.63) is 35.4 Å². The average Bonchev–Trinajstić information content (AvgIpc) is 2.51. The van der Waals surface area contributed by atoms with E-state index in [0.717, 1.165) is 6.42 Å². The summed E-state index contributed by atoms with van der Waals surface area (Å²) >= 11 is 0. The van der Waals surface area contributed by atoms with Gasteiger partial charge in [-0.15, -0.1) is 0 Å². The van der Waals surface area contributed by atoms with Crippen LogP contribution in [0.3, 0.4) is 0 Å². The van der Waals surface area contributed by atoms with Gasteiger partial charge < -0.3 is 15.7 Å². The normalized spacial score (nSPS) is 16.6. The zero-order valence-electron chi connectivity index (χ0n) is 11.1. The van der Waals surface area contributed by atoms with Crippen LogP contribution in [-0.2, 0) is 4.79 Å². The molecule has 0 aliphatic carbocycles. The molecule has 0 radical (unpaired) electrons. The van der Waals surface area contributed by atoms with Gasteiger partial charge in [-0.3, -0.25) is 9.59 Å². The van der Waals surface area contributed by atoms with Gasteiger partial charge in [0.05, 0.1) is 0 Å². The molecule has 6 nitrogen and oxygen atoms in total. The first-order chi connectivity index (χ1) is 9.48. The molecular weight excluding hydrogens is 260 g/mol. The van der Waals surface area contributed by atoms with Crippen LogP contribution in [0.5, 0.6) is 0 Å². The van der Waals surface area contributed by atoms with E-state index in [1.807, 2.05) is 6.92 Å². The van der Waals surface area contributed by atoms with Crippen LogP contribution < -0.4 is 10.6 Å². The highest BCUT2D eigenvalue weighted by Gasteiger charge is 2.42. The molecular formula is C14H16N2O4. The van der Waals surface area contributed by atoms with Crippen molar-refractivity contribution >= 4 is 17.8 Å². The lowest BCUT2D eigenvalue weighted by atomic mass is 10.0. The summed E-state index contributed by atoms with van der Waals surface area (Å²) in [5.74, 6) is -2.30. The Kier molecular flexibility index (Phi) is 3.74. The number of amides is 2. The standard InChI is InChI=1S/C14H16N2O4/c1-2-3-8-14(13(19)20)15-11(17)9-4-5-10(7-6-9)12(18)16-14/h4-7H,2-3,8H2,1H3,(H,15,17)(H,16,18)(H,19,20). The number of carbonyl (C=O) groups excluding carboxylic acids is 2. The summed E-state index contributed by atoms with van der Waals surface area (Å²) in [6.07, 6.45) is 1.46. The SMILES string of the molecule is CCCCC1(C(=O)O)NC(=O)c2ccc(cc2)C(=O)N1. The number of nitrogens with one attached hydrogen (secondary N) is 2. The third kappa shape index (κ3) is 2.49. The van der Waals surface area contributed by atoms with Crippen molar-refractivity contribution in [2.24, 2.45) is 0 Å². The molecule has 0 aromatic heterocycles. The Morgan fingerprint density at radius 3 is 1.90 bits per heavy atom. The number of unbranched alkanes of at least 4 members (excludes halogenated alkanes) is 1. The quantitative estimate of drug-likeness (QED) is 0.768. The zero-order valence-corrected chi connectivity index (χ0v) is 11.1. The zero-order chi connectivity index (χ0) is 14.8. The first-order valence-corrected chi connectivity index (χ1v) is 6.47. The molecule has 2 amide bonds. The summed E-state index contributed by atoms with van der Waals surface area (Å²) in [5, 5.41) is 14.3. The number of hydrogen-bond donors (Lipinski definition) is 3. The van der Waals surface area contributed by atoms with E-state index in [1.165, 1.54) is 24.3 Å². The Bertz CT molecular complexity index is 514. The highest BCUT2D eigenvalue weighted by Crippen LogP contribution is 2.17.